The van der Waals surface area contributed by atoms with Crippen molar-refractivity contribution in [3.63, 3.8) is 0 Å². The molecule has 11 atom stereocenters. The van der Waals surface area contributed by atoms with E-state index in [0.717, 1.165) is 31.3 Å². The van der Waals surface area contributed by atoms with Crippen molar-refractivity contribution in [2.45, 2.75) is 141 Å². The van der Waals surface area contributed by atoms with Crippen LogP contribution in [0.4, 0.5) is 0 Å². The van der Waals surface area contributed by atoms with E-state index in [-0.39, 0.29) is 24.5 Å². The fourth-order valence-corrected chi connectivity index (χ4v) is 8.67. The highest BCUT2D eigenvalue weighted by molar-refractivity contribution is 5.39. The molecule has 0 bridgehead atoms. The fourth-order valence-electron chi connectivity index (χ4n) is 8.67. The van der Waals surface area contributed by atoms with E-state index >= 15 is 0 Å². The number of aliphatic hydroxyl groups excluding tert-OH is 5. The van der Waals surface area contributed by atoms with E-state index in [9.17, 15) is 30.6 Å². The summed E-state index contributed by atoms with van der Waals surface area (Å²) < 4.78 is 6.20. The lowest BCUT2D eigenvalue weighted by molar-refractivity contribution is -0.193. The zero-order valence-electron chi connectivity index (χ0n) is 25.7. The fraction of sp³-hybridized carbons (Fsp3) is 0.824. The predicted molar refractivity (Wildman–Crippen MR) is 160 cm³/mol. The molecule has 7 heteroatoms. The SMILES string of the molecule is C=C1/C(=C\C=C2/CCC[C@]3(C)[C@@H]([C@H](C)CCCC(C)(C)O)CC[C@@H]23)C[C@@H](O[C@@H]2C[C@H](CO)[C@@H](O)[C@H](O)[C@H]2O)C[C@@H]1O. The Morgan fingerprint density at radius 2 is 1.80 bits per heavy atom. The van der Waals surface area contributed by atoms with Crippen molar-refractivity contribution in [2.75, 3.05) is 6.61 Å². The van der Waals surface area contributed by atoms with Crippen LogP contribution in [0.3, 0.4) is 0 Å². The first-order valence-corrected chi connectivity index (χ1v) is 16.0. The van der Waals surface area contributed by atoms with E-state index in [1.807, 2.05) is 13.8 Å². The summed E-state index contributed by atoms with van der Waals surface area (Å²) in [4.78, 5) is 0. The lowest BCUT2D eigenvalue weighted by atomic mass is 9.60. The smallest absolute Gasteiger partial charge is 0.109 e. The molecule has 0 radical (unpaired) electrons. The Morgan fingerprint density at radius 3 is 2.49 bits per heavy atom. The van der Waals surface area contributed by atoms with Gasteiger partial charge >= 0.3 is 0 Å². The summed E-state index contributed by atoms with van der Waals surface area (Å²) in [6.45, 7) is 12.6. The number of fused-ring (bicyclic) bond motifs is 1. The predicted octanol–water partition coefficient (Wildman–Crippen LogP) is 4.19. The summed E-state index contributed by atoms with van der Waals surface area (Å²) in [5, 5.41) is 61.5. The molecule has 0 amide bonds. The molecule has 6 N–H and O–H groups in total. The Morgan fingerprint density at radius 1 is 1.07 bits per heavy atom. The molecular formula is C34H56O7. The molecule has 0 aromatic rings. The highest BCUT2D eigenvalue weighted by Gasteiger charge is 2.50. The van der Waals surface area contributed by atoms with Gasteiger partial charge in [-0.15, -0.1) is 0 Å². The van der Waals surface area contributed by atoms with Crippen molar-refractivity contribution in [3.05, 3.63) is 35.5 Å². The molecule has 0 saturated heterocycles. The average Bonchev–Trinajstić information content (AvgIpc) is 3.27. The topological polar surface area (TPSA) is 131 Å². The van der Waals surface area contributed by atoms with Crippen LogP contribution < -0.4 is 0 Å². The Labute approximate surface area is 247 Å². The molecule has 4 fully saturated rings. The van der Waals surface area contributed by atoms with Crippen LogP contribution >= 0.6 is 0 Å². The molecular weight excluding hydrogens is 520 g/mol. The number of hydrogen-bond acceptors (Lipinski definition) is 7. The summed E-state index contributed by atoms with van der Waals surface area (Å²) >= 11 is 0. The molecule has 234 valence electrons. The van der Waals surface area contributed by atoms with Crippen molar-refractivity contribution in [1.82, 2.24) is 0 Å². The number of hydrogen-bond donors (Lipinski definition) is 6. The van der Waals surface area contributed by atoms with Gasteiger partial charge in [-0.2, -0.15) is 0 Å². The minimum atomic E-state index is -1.38. The van der Waals surface area contributed by atoms with Crippen LogP contribution in [0.15, 0.2) is 35.5 Å². The maximum atomic E-state index is 10.8. The molecule has 7 nitrogen and oxygen atoms in total. The van der Waals surface area contributed by atoms with Crippen molar-refractivity contribution in [2.24, 2.45) is 29.1 Å². The summed E-state index contributed by atoms with van der Waals surface area (Å²) in [5.41, 5.74) is 2.84. The molecule has 0 aliphatic heterocycles. The van der Waals surface area contributed by atoms with Crippen molar-refractivity contribution < 1.29 is 35.4 Å². The molecule has 0 aromatic carbocycles. The van der Waals surface area contributed by atoms with E-state index in [1.54, 1.807) is 0 Å². The second-order valence-corrected chi connectivity index (χ2v) is 14.6. The molecule has 4 aliphatic rings. The zero-order chi connectivity index (χ0) is 30.1. The van der Waals surface area contributed by atoms with Crippen LogP contribution in [-0.4, -0.2) is 79.5 Å². The van der Waals surface area contributed by atoms with Gasteiger partial charge in [-0.1, -0.05) is 51.0 Å². The number of aliphatic hydroxyl groups is 6. The minimum Gasteiger partial charge on any atom is -0.396 e. The third kappa shape index (κ3) is 7.36. The third-order valence-corrected chi connectivity index (χ3v) is 11.1. The molecule has 4 rings (SSSR count). The highest BCUT2D eigenvalue weighted by Crippen LogP contribution is 2.60. The van der Waals surface area contributed by atoms with Crippen molar-refractivity contribution >= 4 is 0 Å². The maximum Gasteiger partial charge on any atom is 0.109 e. The second kappa shape index (κ2) is 13.3. The van der Waals surface area contributed by atoms with Crippen LogP contribution in [0.2, 0.25) is 0 Å². The van der Waals surface area contributed by atoms with Gasteiger partial charge in [-0.25, -0.2) is 0 Å². The van der Waals surface area contributed by atoms with Gasteiger partial charge in [-0.3, -0.25) is 0 Å². The van der Waals surface area contributed by atoms with E-state index in [0.29, 0.717) is 36.2 Å². The maximum absolute atomic E-state index is 10.8. The van der Waals surface area contributed by atoms with Crippen LogP contribution in [-0.2, 0) is 4.74 Å². The molecule has 0 spiro atoms. The largest absolute Gasteiger partial charge is 0.396 e. The Bertz CT molecular complexity index is 965. The summed E-state index contributed by atoms with van der Waals surface area (Å²) in [5.74, 6) is 1.32. The minimum absolute atomic E-state index is 0.240. The van der Waals surface area contributed by atoms with Crippen molar-refractivity contribution in [1.29, 1.82) is 0 Å². The Kier molecular flexibility index (Phi) is 10.6. The first-order valence-electron chi connectivity index (χ1n) is 16.0. The van der Waals surface area contributed by atoms with E-state index in [4.69, 9.17) is 4.74 Å². The van der Waals surface area contributed by atoms with E-state index in [1.165, 1.54) is 31.3 Å². The lowest BCUT2D eigenvalue weighted by Gasteiger charge is -2.44. The van der Waals surface area contributed by atoms with Gasteiger partial charge in [0.15, 0.2) is 0 Å². The summed E-state index contributed by atoms with van der Waals surface area (Å²) in [7, 11) is 0. The molecule has 0 unspecified atom stereocenters. The van der Waals surface area contributed by atoms with Crippen LogP contribution in [0.5, 0.6) is 0 Å². The highest BCUT2D eigenvalue weighted by atomic mass is 16.5. The number of rotatable bonds is 9. The first-order chi connectivity index (χ1) is 19.2. The van der Waals surface area contributed by atoms with Crippen LogP contribution in [0, 0.1) is 29.1 Å². The number of ether oxygens (including phenoxy) is 1. The zero-order valence-corrected chi connectivity index (χ0v) is 25.7. The second-order valence-electron chi connectivity index (χ2n) is 14.6. The Hall–Kier alpha value is -1.06. The standard InChI is InChI=1S/C34H56O7/c1-20(8-6-14-33(3,4)40)26-12-13-27-22(9-7-15-34(26,27)5)10-11-23-16-25(18-28(36)21(23)2)41-29-17-24(19-35)30(37)32(39)31(29)38/h10-11,20,24-32,35-40H,2,6-9,12-19H2,1,3-5H3/b22-10+,23-11-/t20-,24-,25-,26-,27+,28+,29-,30-,31+,32+,34-/m1/s1. The van der Waals surface area contributed by atoms with Gasteiger partial charge in [0.1, 0.15) is 12.2 Å². The molecule has 4 aliphatic carbocycles. The van der Waals surface area contributed by atoms with Gasteiger partial charge in [0.25, 0.3) is 0 Å². The van der Waals surface area contributed by atoms with Crippen LogP contribution in [0.1, 0.15) is 98.3 Å². The van der Waals surface area contributed by atoms with Gasteiger partial charge in [0.2, 0.25) is 0 Å². The molecule has 41 heavy (non-hydrogen) atoms. The van der Waals surface area contributed by atoms with E-state index in [2.05, 4.69) is 32.6 Å². The van der Waals surface area contributed by atoms with Gasteiger partial charge in [0, 0.05) is 18.9 Å². The number of allylic oxidation sites excluding steroid dienone is 3. The quantitative estimate of drug-likeness (QED) is 0.243. The van der Waals surface area contributed by atoms with Crippen molar-refractivity contribution in [3.8, 4) is 0 Å². The molecule has 0 aromatic heterocycles. The summed E-state index contributed by atoms with van der Waals surface area (Å²) in [6, 6.07) is 0. The normalized spacial score (nSPS) is 43.0. The molecule has 4 saturated carbocycles. The van der Waals surface area contributed by atoms with Gasteiger partial charge in [0.05, 0.1) is 30.0 Å². The van der Waals surface area contributed by atoms with E-state index < -0.39 is 42.0 Å². The summed E-state index contributed by atoms with van der Waals surface area (Å²) in [6.07, 6.45) is 8.92. The average molecular weight is 577 g/mol. The lowest BCUT2D eigenvalue weighted by Crippen LogP contribution is -2.56. The first kappa shape index (κ1) is 32.8. The Balaban J connectivity index is 1.44. The van der Waals surface area contributed by atoms with Crippen LogP contribution in [0.25, 0.3) is 0 Å². The third-order valence-electron chi connectivity index (χ3n) is 11.1. The monoisotopic (exact) mass is 576 g/mol. The molecule has 0 heterocycles. The van der Waals surface area contributed by atoms with Gasteiger partial charge < -0.3 is 35.4 Å². The van der Waals surface area contributed by atoms with Gasteiger partial charge in [-0.05, 0) is 99.5 Å².